The summed E-state index contributed by atoms with van der Waals surface area (Å²) in [5.74, 6) is 0.286. The van der Waals surface area contributed by atoms with Crippen molar-refractivity contribution >= 4 is 27.3 Å². The number of nitrogens with zero attached hydrogens (tertiary/aromatic N) is 1. The minimum absolute atomic E-state index is 0. The van der Waals surface area contributed by atoms with Crippen molar-refractivity contribution < 1.29 is 43.2 Å². The maximum absolute atomic E-state index is 13.5. The van der Waals surface area contributed by atoms with Gasteiger partial charge in [0.15, 0.2) is 5.78 Å². The van der Waals surface area contributed by atoms with Crippen molar-refractivity contribution in [2.75, 3.05) is 0 Å². The first-order valence-corrected chi connectivity index (χ1v) is 16.7. The topological polar surface area (TPSA) is 50.2 Å². The van der Waals surface area contributed by atoms with Crippen LogP contribution in [-0.2, 0) is 31.3 Å². The number of aryl methyl sites for hydroxylation is 2. The van der Waals surface area contributed by atoms with E-state index >= 15 is 0 Å². The van der Waals surface area contributed by atoms with Gasteiger partial charge in [0, 0.05) is 43.2 Å². The second-order valence-electron chi connectivity index (χ2n) is 14.1. The molecule has 0 aliphatic heterocycles. The van der Waals surface area contributed by atoms with Crippen LogP contribution in [0.2, 0.25) is 0 Å². The number of hydrogen-bond acceptors (Lipinski definition) is 3. The van der Waals surface area contributed by atoms with E-state index in [1.54, 1.807) is 12.3 Å². The van der Waals surface area contributed by atoms with Gasteiger partial charge in [-0.2, -0.15) is 13.2 Å². The monoisotopic (exact) mass is 839 g/mol. The first-order valence-electron chi connectivity index (χ1n) is 16.7. The van der Waals surface area contributed by atoms with Gasteiger partial charge in [-0.3, -0.25) is 4.79 Å². The van der Waals surface area contributed by atoms with Crippen LogP contribution in [0.25, 0.3) is 32.8 Å². The van der Waals surface area contributed by atoms with Gasteiger partial charge in [0.2, 0.25) is 0 Å². The fourth-order valence-electron chi connectivity index (χ4n) is 5.74. The number of hydrogen-bond donors (Lipinski definition) is 1. The Morgan fingerprint density at radius 3 is 1.92 bits per heavy atom. The molecule has 0 saturated heterocycles. The second kappa shape index (κ2) is 16.1. The van der Waals surface area contributed by atoms with Crippen LogP contribution < -0.4 is 0 Å². The Labute approximate surface area is 298 Å². The number of pyridine rings is 1. The summed E-state index contributed by atoms with van der Waals surface area (Å²) in [6.45, 7) is 18.6. The number of halogens is 3. The number of carbonyl (C=O) groups excluding carboxylic acids is 1. The van der Waals surface area contributed by atoms with Gasteiger partial charge in [-0.1, -0.05) is 99.6 Å². The quantitative estimate of drug-likeness (QED) is 0.0749. The van der Waals surface area contributed by atoms with Gasteiger partial charge in [0.1, 0.15) is 5.76 Å². The average molecular weight is 839 g/mol. The van der Waals surface area contributed by atoms with Crippen LogP contribution in [0.3, 0.4) is 0 Å². The molecule has 7 heteroatoms. The average Bonchev–Trinajstić information content (AvgIpc) is 3.02. The van der Waals surface area contributed by atoms with E-state index in [-0.39, 0.29) is 48.9 Å². The molecule has 0 spiro atoms. The summed E-state index contributed by atoms with van der Waals surface area (Å²) in [4.78, 5) is 16.8. The molecule has 3 nitrogen and oxygen atoms in total. The van der Waals surface area contributed by atoms with Crippen LogP contribution in [0.1, 0.15) is 97.8 Å². The van der Waals surface area contributed by atoms with E-state index < -0.39 is 11.6 Å². The van der Waals surface area contributed by atoms with E-state index in [1.807, 2.05) is 85.7 Å². The molecule has 263 valence electrons. The summed E-state index contributed by atoms with van der Waals surface area (Å²) >= 11 is 0. The van der Waals surface area contributed by atoms with Crippen LogP contribution >= 0.6 is 0 Å². The van der Waals surface area contributed by atoms with Crippen LogP contribution in [0.4, 0.5) is 13.2 Å². The molecule has 0 aliphatic carbocycles. The van der Waals surface area contributed by atoms with Gasteiger partial charge < -0.3 is 10.1 Å². The Hall–Kier alpha value is -3.02. The Bertz CT molecular complexity index is 1730. The van der Waals surface area contributed by atoms with E-state index in [1.165, 1.54) is 19.9 Å². The Morgan fingerprint density at radius 2 is 1.38 bits per heavy atom. The fraction of sp³-hybridized carbons (Fsp3) is 0.463. The molecule has 1 N–H and O–H groups in total. The maximum Gasteiger partial charge on any atom is 0.394 e. The molecule has 0 amide bonds. The molecule has 0 atom stereocenters. The smallest absolute Gasteiger partial charge is 0.394 e. The molecule has 3 aromatic carbocycles. The summed E-state index contributed by atoms with van der Waals surface area (Å²) in [7, 11) is 0. The number of aliphatic hydroxyl groups excluding tert-OH is 1. The number of carbonyl (C=O) groups is 1. The molecule has 1 heterocycles. The summed E-state index contributed by atoms with van der Waals surface area (Å²) in [6, 6.07) is 18.9. The van der Waals surface area contributed by atoms with E-state index in [4.69, 9.17) is 0 Å². The van der Waals surface area contributed by atoms with E-state index in [9.17, 15) is 23.1 Å². The molecule has 0 fully saturated rings. The molecule has 4 rings (SSSR count). The minimum Gasteiger partial charge on any atom is -0.512 e. The van der Waals surface area contributed by atoms with Gasteiger partial charge >= 0.3 is 6.18 Å². The normalized spacial score (nSPS) is 12.8. The zero-order valence-electron chi connectivity index (χ0n) is 30.1. The van der Waals surface area contributed by atoms with Crippen molar-refractivity contribution in [2.24, 2.45) is 16.2 Å². The van der Waals surface area contributed by atoms with Crippen molar-refractivity contribution in [3.63, 3.8) is 0 Å². The van der Waals surface area contributed by atoms with Crippen molar-refractivity contribution in [1.29, 1.82) is 0 Å². The molecule has 0 unspecified atom stereocenters. The summed E-state index contributed by atoms with van der Waals surface area (Å²) < 4.78 is 40.4. The number of allylic oxidation sites excluding steroid dienone is 2. The Balaban J connectivity index is 0.000000384. The largest absolute Gasteiger partial charge is 0.512 e. The van der Waals surface area contributed by atoms with Crippen LogP contribution in [0.5, 0.6) is 0 Å². The number of benzene rings is 3. The Kier molecular flexibility index (Phi) is 13.8. The number of fused-ring (bicyclic) bond motifs is 3. The van der Waals surface area contributed by atoms with E-state index in [2.05, 4.69) is 23.2 Å². The standard InChI is InChI=1S/C26H23F3N.C15H28O2.Ir/c1-16-12-17(2)14-19(13-16)24-23-9-8-20-18(15-25(3,4)26(27,28)29)6-5-7-21(20)22(23)10-11-30-24;1-7-14(5,8-2)12(16)11-13(17)15(6,9-3)10-4;/h5-13H,15H2,1-4H3;11,16H,7-10H2,1-6H3;/q-1;;/b;12-11-;. The number of alkyl halides is 3. The molecular weight excluding hydrogens is 788 g/mol. The second-order valence-corrected chi connectivity index (χ2v) is 14.1. The third-order valence-electron chi connectivity index (χ3n) is 10.3. The van der Waals surface area contributed by atoms with Crippen molar-refractivity contribution in [3.8, 4) is 11.3 Å². The third kappa shape index (κ3) is 8.95. The minimum atomic E-state index is -4.26. The van der Waals surface area contributed by atoms with Crippen LogP contribution in [0.15, 0.2) is 66.6 Å². The third-order valence-corrected chi connectivity index (χ3v) is 10.3. The van der Waals surface area contributed by atoms with Gasteiger partial charge in [-0.05, 0) is 71.0 Å². The van der Waals surface area contributed by atoms with E-state index in [0.717, 1.165) is 69.6 Å². The molecule has 4 aromatic rings. The van der Waals surface area contributed by atoms with Crippen LogP contribution in [0, 0.1) is 36.2 Å². The zero-order valence-corrected chi connectivity index (χ0v) is 32.5. The van der Waals surface area contributed by atoms with Crippen molar-refractivity contribution in [2.45, 2.75) is 108 Å². The zero-order chi connectivity index (χ0) is 35.4. The van der Waals surface area contributed by atoms with Crippen molar-refractivity contribution in [1.82, 2.24) is 4.98 Å². The number of aliphatic hydroxyl groups is 1. The molecular formula is C41H51F3IrNO2-. The predicted octanol–water partition coefficient (Wildman–Crippen LogP) is 12.3. The number of ketones is 1. The van der Waals surface area contributed by atoms with Gasteiger partial charge in [0.25, 0.3) is 0 Å². The fourth-order valence-corrected chi connectivity index (χ4v) is 5.74. The summed E-state index contributed by atoms with van der Waals surface area (Å²) in [5, 5.41) is 13.9. The summed E-state index contributed by atoms with van der Waals surface area (Å²) in [5.41, 5.74) is 2.24. The molecule has 0 aliphatic rings. The first-order chi connectivity index (χ1) is 21.9. The molecule has 0 saturated carbocycles. The van der Waals surface area contributed by atoms with Gasteiger partial charge in [-0.15, -0.1) is 34.9 Å². The molecule has 1 aromatic heterocycles. The predicted molar refractivity (Wildman–Crippen MR) is 190 cm³/mol. The molecule has 0 bridgehead atoms. The van der Waals surface area contributed by atoms with Crippen molar-refractivity contribution in [3.05, 3.63) is 89.3 Å². The molecule has 1 radical (unpaired) electrons. The number of aromatic nitrogens is 1. The summed E-state index contributed by atoms with van der Waals surface area (Å²) in [6.07, 6.45) is 2.18. The Morgan fingerprint density at radius 1 is 0.812 bits per heavy atom. The number of rotatable bonds is 10. The maximum atomic E-state index is 13.5. The van der Waals surface area contributed by atoms with Gasteiger partial charge in [-0.25, -0.2) is 0 Å². The molecule has 48 heavy (non-hydrogen) atoms. The van der Waals surface area contributed by atoms with Gasteiger partial charge in [0.05, 0.1) is 5.41 Å². The van der Waals surface area contributed by atoms with Crippen LogP contribution in [-0.4, -0.2) is 22.1 Å². The first kappa shape index (κ1) is 41.2. The van der Waals surface area contributed by atoms with E-state index in [0.29, 0.717) is 5.56 Å². The SMILES string of the molecule is CCC(C)(CC)C(=O)/C=C(\O)C(C)(CC)CC.Cc1[c-]c(-c2nccc3c2ccc2c(CC(C)(C)C(F)(F)F)cccc23)cc(C)c1.[Ir].